The smallest absolute Gasteiger partial charge is 0.126 e. The molecule has 0 aromatic heterocycles. The topological polar surface area (TPSA) is 20.2 Å². The van der Waals surface area contributed by atoms with Crippen molar-refractivity contribution in [2.45, 2.75) is 33.6 Å². The van der Waals surface area contributed by atoms with Gasteiger partial charge in [-0.3, -0.25) is 0 Å². The Morgan fingerprint density at radius 1 is 1.06 bits per heavy atom. The Balaban J connectivity index is 2.64. The summed E-state index contributed by atoms with van der Waals surface area (Å²) in [7, 11) is 0. The van der Waals surface area contributed by atoms with Gasteiger partial charge in [-0.25, -0.2) is 0 Å². The standard InChI is InChI=1S/C17H20O/c1-4-6-14-10-9-13(3)17(18)16(14)15-8-5-7-12(2)11-15/h5,7-11,18H,4,6H2,1-3H3. The fourth-order valence-electron chi connectivity index (χ4n) is 2.34. The van der Waals surface area contributed by atoms with Gasteiger partial charge in [-0.2, -0.15) is 0 Å². The molecule has 0 radical (unpaired) electrons. The van der Waals surface area contributed by atoms with E-state index < -0.39 is 0 Å². The van der Waals surface area contributed by atoms with E-state index in [1.807, 2.05) is 19.1 Å². The molecule has 2 aromatic carbocycles. The van der Waals surface area contributed by atoms with Crippen molar-refractivity contribution >= 4 is 0 Å². The molecule has 1 nitrogen and oxygen atoms in total. The summed E-state index contributed by atoms with van der Waals surface area (Å²) in [4.78, 5) is 0. The highest BCUT2D eigenvalue weighted by molar-refractivity contribution is 5.75. The summed E-state index contributed by atoms with van der Waals surface area (Å²) in [5, 5.41) is 10.3. The quantitative estimate of drug-likeness (QED) is 0.829. The van der Waals surface area contributed by atoms with Crippen molar-refractivity contribution in [3.63, 3.8) is 0 Å². The van der Waals surface area contributed by atoms with Crippen LogP contribution in [0.5, 0.6) is 5.75 Å². The van der Waals surface area contributed by atoms with E-state index in [1.165, 1.54) is 11.1 Å². The Kier molecular flexibility index (Phi) is 3.71. The van der Waals surface area contributed by atoms with Crippen molar-refractivity contribution in [2.75, 3.05) is 0 Å². The van der Waals surface area contributed by atoms with E-state index in [9.17, 15) is 5.11 Å². The van der Waals surface area contributed by atoms with Gasteiger partial charge in [0.25, 0.3) is 0 Å². The number of rotatable bonds is 3. The molecule has 94 valence electrons. The first-order valence-corrected chi connectivity index (χ1v) is 6.52. The minimum Gasteiger partial charge on any atom is -0.507 e. The van der Waals surface area contributed by atoms with Gasteiger partial charge < -0.3 is 5.11 Å². The molecule has 18 heavy (non-hydrogen) atoms. The number of hydrogen-bond donors (Lipinski definition) is 1. The fraction of sp³-hybridized carbons (Fsp3) is 0.294. The minimum absolute atomic E-state index is 0.423. The van der Waals surface area contributed by atoms with Crippen LogP contribution >= 0.6 is 0 Å². The van der Waals surface area contributed by atoms with Gasteiger partial charge in [0.2, 0.25) is 0 Å². The highest BCUT2D eigenvalue weighted by atomic mass is 16.3. The molecule has 0 aliphatic carbocycles. The van der Waals surface area contributed by atoms with E-state index >= 15 is 0 Å². The second-order valence-electron chi connectivity index (χ2n) is 4.88. The van der Waals surface area contributed by atoms with Crippen molar-refractivity contribution in [3.8, 4) is 16.9 Å². The summed E-state index contributed by atoms with van der Waals surface area (Å²) >= 11 is 0. The Labute approximate surface area is 109 Å². The summed E-state index contributed by atoms with van der Waals surface area (Å²) in [6, 6.07) is 12.5. The lowest BCUT2D eigenvalue weighted by molar-refractivity contribution is 0.472. The van der Waals surface area contributed by atoms with Gasteiger partial charge in [0, 0.05) is 5.56 Å². The van der Waals surface area contributed by atoms with Crippen molar-refractivity contribution in [1.29, 1.82) is 0 Å². The molecule has 0 spiro atoms. The van der Waals surface area contributed by atoms with Crippen LogP contribution in [-0.2, 0) is 6.42 Å². The van der Waals surface area contributed by atoms with Crippen LogP contribution in [0.15, 0.2) is 36.4 Å². The zero-order valence-electron chi connectivity index (χ0n) is 11.3. The predicted octanol–water partition coefficient (Wildman–Crippen LogP) is 4.63. The van der Waals surface area contributed by atoms with E-state index in [2.05, 4.69) is 38.1 Å². The maximum atomic E-state index is 10.3. The van der Waals surface area contributed by atoms with Crippen molar-refractivity contribution in [3.05, 3.63) is 53.1 Å². The largest absolute Gasteiger partial charge is 0.507 e. The van der Waals surface area contributed by atoms with Crippen molar-refractivity contribution < 1.29 is 5.11 Å². The van der Waals surface area contributed by atoms with E-state index in [-0.39, 0.29) is 0 Å². The van der Waals surface area contributed by atoms with Crippen LogP contribution in [0.4, 0.5) is 0 Å². The van der Waals surface area contributed by atoms with Gasteiger partial charge in [0.1, 0.15) is 5.75 Å². The molecule has 0 aliphatic heterocycles. The molecule has 0 unspecified atom stereocenters. The highest BCUT2D eigenvalue weighted by Crippen LogP contribution is 2.36. The maximum Gasteiger partial charge on any atom is 0.126 e. The number of benzene rings is 2. The van der Waals surface area contributed by atoms with E-state index in [4.69, 9.17) is 0 Å². The second kappa shape index (κ2) is 5.26. The SMILES string of the molecule is CCCc1ccc(C)c(O)c1-c1cccc(C)c1. The predicted molar refractivity (Wildman–Crippen MR) is 77.0 cm³/mol. The zero-order valence-corrected chi connectivity index (χ0v) is 11.3. The first kappa shape index (κ1) is 12.7. The molecule has 0 aliphatic rings. The highest BCUT2D eigenvalue weighted by Gasteiger charge is 2.12. The summed E-state index contributed by atoms with van der Waals surface area (Å²) in [5.41, 5.74) is 5.49. The molecule has 0 heterocycles. The van der Waals surface area contributed by atoms with Crippen LogP contribution < -0.4 is 0 Å². The van der Waals surface area contributed by atoms with Gasteiger partial charge >= 0.3 is 0 Å². The molecule has 2 rings (SSSR count). The molecule has 2 aromatic rings. The number of hydrogen-bond acceptors (Lipinski definition) is 1. The summed E-state index contributed by atoms with van der Waals surface area (Å²) in [6.07, 6.45) is 2.08. The zero-order chi connectivity index (χ0) is 13.1. The molecule has 0 saturated heterocycles. The van der Waals surface area contributed by atoms with Gasteiger partial charge in [-0.15, -0.1) is 0 Å². The molecule has 1 N–H and O–H groups in total. The molecule has 0 saturated carbocycles. The summed E-state index contributed by atoms with van der Waals surface area (Å²) in [5.74, 6) is 0.423. The first-order valence-electron chi connectivity index (χ1n) is 6.52. The average Bonchev–Trinajstić information content (AvgIpc) is 2.34. The third kappa shape index (κ3) is 2.40. The van der Waals surface area contributed by atoms with Crippen LogP contribution in [-0.4, -0.2) is 5.11 Å². The van der Waals surface area contributed by atoms with Crippen LogP contribution in [0.3, 0.4) is 0 Å². The van der Waals surface area contributed by atoms with E-state index in [1.54, 1.807) is 0 Å². The van der Waals surface area contributed by atoms with Gasteiger partial charge in [-0.05, 0) is 37.0 Å². The molecule has 0 amide bonds. The Morgan fingerprint density at radius 2 is 1.83 bits per heavy atom. The Morgan fingerprint density at radius 3 is 2.50 bits per heavy atom. The van der Waals surface area contributed by atoms with Crippen LogP contribution in [0.1, 0.15) is 30.0 Å². The lowest BCUT2D eigenvalue weighted by Gasteiger charge is -2.14. The van der Waals surface area contributed by atoms with Crippen LogP contribution in [0.2, 0.25) is 0 Å². The summed E-state index contributed by atoms with van der Waals surface area (Å²) < 4.78 is 0. The third-order valence-electron chi connectivity index (χ3n) is 3.29. The molecular weight excluding hydrogens is 220 g/mol. The fourth-order valence-corrected chi connectivity index (χ4v) is 2.34. The second-order valence-corrected chi connectivity index (χ2v) is 4.88. The Bertz CT molecular complexity index is 556. The molecule has 0 atom stereocenters. The van der Waals surface area contributed by atoms with Gasteiger partial charge in [0.05, 0.1) is 0 Å². The number of phenolic OH excluding ortho intramolecular Hbond substituents is 1. The lowest BCUT2D eigenvalue weighted by atomic mass is 9.93. The number of phenols is 1. The third-order valence-corrected chi connectivity index (χ3v) is 3.29. The number of aromatic hydroxyl groups is 1. The minimum atomic E-state index is 0.423. The van der Waals surface area contributed by atoms with Crippen LogP contribution in [0.25, 0.3) is 11.1 Å². The van der Waals surface area contributed by atoms with Crippen molar-refractivity contribution in [2.24, 2.45) is 0 Å². The van der Waals surface area contributed by atoms with Gasteiger partial charge in [-0.1, -0.05) is 55.3 Å². The van der Waals surface area contributed by atoms with E-state index in [0.717, 1.165) is 29.5 Å². The monoisotopic (exact) mass is 240 g/mol. The summed E-state index contributed by atoms with van der Waals surface area (Å²) in [6.45, 7) is 6.19. The van der Waals surface area contributed by atoms with Crippen LogP contribution in [0, 0.1) is 13.8 Å². The molecule has 1 heteroatoms. The molecule has 0 bridgehead atoms. The number of aryl methyl sites for hydroxylation is 3. The first-order chi connectivity index (χ1) is 8.63. The van der Waals surface area contributed by atoms with E-state index in [0.29, 0.717) is 5.75 Å². The van der Waals surface area contributed by atoms with Gasteiger partial charge in [0.15, 0.2) is 0 Å². The molecule has 0 fully saturated rings. The average molecular weight is 240 g/mol. The lowest BCUT2D eigenvalue weighted by Crippen LogP contribution is -1.92. The normalized spacial score (nSPS) is 10.6. The Hall–Kier alpha value is -1.76. The maximum absolute atomic E-state index is 10.3. The molecular formula is C17H20O. The van der Waals surface area contributed by atoms with Crippen molar-refractivity contribution in [1.82, 2.24) is 0 Å².